The molecule has 118 valence electrons. The lowest BCUT2D eigenvalue weighted by molar-refractivity contribution is 0.0787. The Kier molecular flexibility index (Phi) is 5.64. The second kappa shape index (κ2) is 7.90. The fraction of sp³-hybridized carbons (Fsp3) is 0.294. The van der Waals surface area contributed by atoms with Gasteiger partial charge in [0.1, 0.15) is 17.8 Å². The molecular formula is C17H19N5O. The first-order chi connectivity index (χ1) is 11.1. The van der Waals surface area contributed by atoms with Crippen molar-refractivity contribution < 1.29 is 4.79 Å². The summed E-state index contributed by atoms with van der Waals surface area (Å²) in [6, 6.07) is 10.7. The number of aromatic nitrogens is 2. The van der Waals surface area contributed by atoms with Crippen molar-refractivity contribution in [1.29, 1.82) is 5.26 Å². The summed E-state index contributed by atoms with van der Waals surface area (Å²) in [6.07, 6.45) is 3.36. The van der Waals surface area contributed by atoms with Crippen LogP contribution in [-0.4, -0.2) is 34.4 Å². The normalized spacial score (nSPS) is 9.96. The number of unbranched alkanes of at least 4 members (excludes halogenated alkanes) is 1. The Morgan fingerprint density at radius 2 is 2.04 bits per heavy atom. The zero-order valence-corrected chi connectivity index (χ0v) is 13.3. The fourth-order valence-corrected chi connectivity index (χ4v) is 2.01. The van der Waals surface area contributed by atoms with E-state index < -0.39 is 0 Å². The van der Waals surface area contributed by atoms with Crippen molar-refractivity contribution in [2.45, 2.75) is 19.8 Å². The summed E-state index contributed by atoms with van der Waals surface area (Å²) in [6.45, 7) is 2.79. The van der Waals surface area contributed by atoms with Crippen molar-refractivity contribution in [3.05, 3.63) is 47.9 Å². The number of rotatable bonds is 6. The maximum Gasteiger partial charge on any atom is 0.272 e. The monoisotopic (exact) mass is 309 g/mol. The quantitative estimate of drug-likeness (QED) is 0.887. The molecule has 1 amide bonds. The molecule has 0 fully saturated rings. The lowest BCUT2D eigenvalue weighted by Crippen LogP contribution is -2.28. The number of hydrogen-bond donors (Lipinski definition) is 1. The van der Waals surface area contributed by atoms with E-state index in [2.05, 4.69) is 28.3 Å². The first kappa shape index (κ1) is 16.4. The predicted octanol–water partition coefficient (Wildman–Crippen LogP) is 2.96. The maximum absolute atomic E-state index is 12.3. The van der Waals surface area contributed by atoms with Gasteiger partial charge in [0.25, 0.3) is 5.91 Å². The molecule has 2 rings (SSSR count). The third kappa shape index (κ3) is 4.51. The first-order valence-electron chi connectivity index (χ1n) is 7.48. The zero-order valence-electron chi connectivity index (χ0n) is 13.3. The number of hydrogen-bond acceptors (Lipinski definition) is 5. The van der Waals surface area contributed by atoms with E-state index in [0.29, 0.717) is 23.6 Å². The van der Waals surface area contributed by atoms with Crippen LogP contribution in [0.25, 0.3) is 0 Å². The number of benzene rings is 1. The Balaban J connectivity index is 2.09. The summed E-state index contributed by atoms with van der Waals surface area (Å²) in [7, 11) is 1.77. The topological polar surface area (TPSA) is 81.9 Å². The number of nitriles is 1. The van der Waals surface area contributed by atoms with Crippen LogP contribution in [0, 0.1) is 11.3 Å². The molecule has 0 saturated carbocycles. The smallest absolute Gasteiger partial charge is 0.272 e. The Hall–Kier alpha value is -2.94. The van der Waals surface area contributed by atoms with E-state index in [0.717, 1.165) is 18.5 Å². The van der Waals surface area contributed by atoms with E-state index in [1.165, 1.54) is 6.33 Å². The van der Waals surface area contributed by atoms with Gasteiger partial charge in [0, 0.05) is 25.3 Å². The van der Waals surface area contributed by atoms with Crippen LogP contribution in [0.5, 0.6) is 0 Å². The summed E-state index contributed by atoms with van der Waals surface area (Å²) in [4.78, 5) is 22.1. The molecule has 6 heteroatoms. The predicted molar refractivity (Wildman–Crippen MR) is 88.3 cm³/mol. The number of nitrogens with one attached hydrogen (secondary N) is 1. The summed E-state index contributed by atoms with van der Waals surface area (Å²) in [5.41, 5.74) is 1.74. The van der Waals surface area contributed by atoms with Crippen LogP contribution in [0.1, 0.15) is 35.8 Å². The minimum absolute atomic E-state index is 0.122. The van der Waals surface area contributed by atoms with Crippen molar-refractivity contribution in [2.24, 2.45) is 0 Å². The van der Waals surface area contributed by atoms with Crippen molar-refractivity contribution in [2.75, 3.05) is 18.9 Å². The Morgan fingerprint density at radius 3 is 2.70 bits per heavy atom. The molecule has 1 aromatic carbocycles. The SMILES string of the molecule is CCCCN(C)C(=O)c1cc(Nc2ccc(C#N)cc2)ncn1. The van der Waals surface area contributed by atoms with Crippen molar-refractivity contribution >= 4 is 17.4 Å². The molecule has 1 aromatic heterocycles. The third-order valence-electron chi connectivity index (χ3n) is 3.37. The average Bonchev–Trinajstić information content (AvgIpc) is 2.60. The molecule has 0 unspecified atom stereocenters. The molecule has 0 aliphatic heterocycles. The van der Waals surface area contributed by atoms with Crippen molar-refractivity contribution in [3.8, 4) is 6.07 Å². The molecule has 6 nitrogen and oxygen atoms in total. The molecule has 0 saturated heterocycles. The van der Waals surface area contributed by atoms with Gasteiger partial charge < -0.3 is 10.2 Å². The standard InChI is InChI=1S/C17H19N5O/c1-3-4-9-22(2)17(23)15-10-16(20-12-19-15)21-14-7-5-13(11-18)6-8-14/h5-8,10,12H,3-4,9H2,1-2H3,(H,19,20,21). The molecule has 2 aromatic rings. The van der Waals surface area contributed by atoms with E-state index in [4.69, 9.17) is 5.26 Å². The van der Waals surface area contributed by atoms with Gasteiger partial charge in [0.05, 0.1) is 11.6 Å². The molecule has 1 heterocycles. The number of carbonyl (C=O) groups is 1. The van der Waals surface area contributed by atoms with E-state index in [-0.39, 0.29) is 5.91 Å². The highest BCUT2D eigenvalue weighted by atomic mass is 16.2. The Morgan fingerprint density at radius 1 is 1.30 bits per heavy atom. The summed E-state index contributed by atoms with van der Waals surface area (Å²) in [5.74, 6) is 0.417. The molecule has 0 aliphatic rings. The second-order valence-electron chi connectivity index (χ2n) is 5.18. The van der Waals surface area contributed by atoms with E-state index in [9.17, 15) is 4.79 Å². The van der Waals surface area contributed by atoms with Gasteiger partial charge in [-0.05, 0) is 30.7 Å². The largest absolute Gasteiger partial charge is 0.340 e. The molecule has 0 bridgehead atoms. The van der Waals surface area contributed by atoms with Gasteiger partial charge in [-0.3, -0.25) is 4.79 Å². The van der Waals surface area contributed by atoms with Gasteiger partial charge in [-0.25, -0.2) is 9.97 Å². The highest BCUT2D eigenvalue weighted by Gasteiger charge is 2.13. The molecule has 23 heavy (non-hydrogen) atoms. The fourth-order valence-electron chi connectivity index (χ4n) is 2.01. The first-order valence-corrected chi connectivity index (χ1v) is 7.48. The molecule has 0 aliphatic carbocycles. The van der Waals surface area contributed by atoms with E-state index in [1.807, 2.05) is 0 Å². The number of amides is 1. The molecule has 0 radical (unpaired) electrons. The highest BCUT2D eigenvalue weighted by molar-refractivity contribution is 5.92. The van der Waals surface area contributed by atoms with Gasteiger partial charge in [0.2, 0.25) is 0 Å². The summed E-state index contributed by atoms with van der Waals surface area (Å²) >= 11 is 0. The van der Waals surface area contributed by atoms with Gasteiger partial charge in [0.15, 0.2) is 0 Å². The Bertz CT molecular complexity index is 706. The van der Waals surface area contributed by atoms with Crippen LogP contribution in [-0.2, 0) is 0 Å². The number of carbonyl (C=O) groups excluding carboxylic acids is 1. The molecule has 0 atom stereocenters. The molecule has 1 N–H and O–H groups in total. The van der Waals surface area contributed by atoms with Crippen LogP contribution >= 0.6 is 0 Å². The minimum atomic E-state index is -0.122. The van der Waals surface area contributed by atoms with Crippen LogP contribution in [0.15, 0.2) is 36.7 Å². The molecular weight excluding hydrogens is 290 g/mol. The van der Waals surface area contributed by atoms with E-state index >= 15 is 0 Å². The van der Waals surface area contributed by atoms with Gasteiger partial charge in [-0.15, -0.1) is 0 Å². The van der Waals surface area contributed by atoms with Gasteiger partial charge in [-0.2, -0.15) is 5.26 Å². The summed E-state index contributed by atoms with van der Waals surface area (Å²) in [5, 5.41) is 11.9. The minimum Gasteiger partial charge on any atom is -0.340 e. The zero-order chi connectivity index (χ0) is 16.7. The maximum atomic E-state index is 12.3. The Labute approximate surface area is 135 Å². The van der Waals surface area contributed by atoms with Crippen LogP contribution < -0.4 is 5.32 Å². The van der Waals surface area contributed by atoms with E-state index in [1.54, 1.807) is 42.3 Å². The van der Waals surface area contributed by atoms with Gasteiger partial charge >= 0.3 is 0 Å². The van der Waals surface area contributed by atoms with Gasteiger partial charge in [-0.1, -0.05) is 13.3 Å². The highest BCUT2D eigenvalue weighted by Crippen LogP contribution is 2.15. The molecule has 0 spiro atoms. The number of anilines is 2. The average molecular weight is 309 g/mol. The lowest BCUT2D eigenvalue weighted by atomic mass is 10.2. The van der Waals surface area contributed by atoms with Crippen LogP contribution in [0.4, 0.5) is 11.5 Å². The van der Waals surface area contributed by atoms with Crippen molar-refractivity contribution in [3.63, 3.8) is 0 Å². The van der Waals surface area contributed by atoms with Crippen molar-refractivity contribution in [1.82, 2.24) is 14.9 Å². The lowest BCUT2D eigenvalue weighted by Gasteiger charge is -2.16. The second-order valence-corrected chi connectivity index (χ2v) is 5.18. The van der Waals surface area contributed by atoms with Crippen LogP contribution in [0.2, 0.25) is 0 Å². The summed E-state index contributed by atoms with van der Waals surface area (Å²) < 4.78 is 0. The third-order valence-corrected chi connectivity index (χ3v) is 3.37. The van der Waals surface area contributed by atoms with Crippen LogP contribution in [0.3, 0.4) is 0 Å². The number of nitrogens with zero attached hydrogens (tertiary/aromatic N) is 4.